The van der Waals surface area contributed by atoms with Gasteiger partial charge in [0.05, 0.1) is 24.2 Å². The molecule has 20 heavy (non-hydrogen) atoms. The molecule has 0 spiro atoms. The number of morpholine rings is 1. The number of anilines is 1. The monoisotopic (exact) mass is 265 g/mol. The third-order valence-electron chi connectivity index (χ3n) is 3.42. The van der Waals surface area contributed by atoms with E-state index in [9.17, 15) is 5.26 Å². The summed E-state index contributed by atoms with van der Waals surface area (Å²) in [5.74, 6) is 0.769. The molecule has 1 aliphatic heterocycles. The highest BCUT2D eigenvalue weighted by molar-refractivity contribution is 5.95. The SMILES string of the molecule is C=C1CN(c2ccc(C#N)c3ncccc23)CC(C)O1. The van der Waals surface area contributed by atoms with Crippen LogP contribution < -0.4 is 4.90 Å². The summed E-state index contributed by atoms with van der Waals surface area (Å²) < 4.78 is 5.59. The van der Waals surface area contributed by atoms with Crippen LogP contribution in [0, 0.1) is 11.3 Å². The number of benzene rings is 1. The van der Waals surface area contributed by atoms with Crippen molar-refractivity contribution in [2.45, 2.75) is 13.0 Å². The van der Waals surface area contributed by atoms with Gasteiger partial charge in [0, 0.05) is 17.3 Å². The minimum atomic E-state index is 0.110. The Morgan fingerprint density at radius 3 is 3.05 bits per heavy atom. The topological polar surface area (TPSA) is 49.2 Å². The average Bonchev–Trinajstić information content (AvgIpc) is 2.45. The molecule has 1 unspecified atom stereocenters. The molecule has 100 valence electrons. The largest absolute Gasteiger partial charge is 0.492 e. The molecule has 0 amide bonds. The third-order valence-corrected chi connectivity index (χ3v) is 3.42. The van der Waals surface area contributed by atoms with E-state index in [-0.39, 0.29) is 6.10 Å². The minimum absolute atomic E-state index is 0.110. The summed E-state index contributed by atoms with van der Waals surface area (Å²) in [6, 6.07) is 9.90. The van der Waals surface area contributed by atoms with Gasteiger partial charge in [0.1, 0.15) is 17.9 Å². The van der Waals surface area contributed by atoms with Crippen molar-refractivity contribution >= 4 is 16.6 Å². The van der Waals surface area contributed by atoms with E-state index >= 15 is 0 Å². The van der Waals surface area contributed by atoms with Gasteiger partial charge in [-0.15, -0.1) is 0 Å². The van der Waals surface area contributed by atoms with E-state index in [0.717, 1.165) is 28.9 Å². The van der Waals surface area contributed by atoms with Gasteiger partial charge in [0.15, 0.2) is 0 Å². The first-order chi connectivity index (χ1) is 9.69. The van der Waals surface area contributed by atoms with Crippen LogP contribution in [0.2, 0.25) is 0 Å². The minimum Gasteiger partial charge on any atom is -0.492 e. The maximum atomic E-state index is 9.18. The van der Waals surface area contributed by atoms with E-state index in [1.807, 2.05) is 31.2 Å². The summed E-state index contributed by atoms with van der Waals surface area (Å²) in [5, 5.41) is 10.2. The lowest BCUT2D eigenvalue weighted by atomic mass is 10.1. The van der Waals surface area contributed by atoms with Gasteiger partial charge >= 0.3 is 0 Å². The van der Waals surface area contributed by atoms with Gasteiger partial charge in [-0.25, -0.2) is 0 Å². The van der Waals surface area contributed by atoms with Crippen LogP contribution in [0.5, 0.6) is 0 Å². The molecule has 4 nitrogen and oxygen atoms in total. The molecule has 2 heterocycles. The van der Waals surface area contributed by atoms with Crippen molar-refractivity contribution in [3.8, 4) is 6.07 Å². The van der Waals surface area contributed by atoms with Gasteiger partial charge in [-0.2, -0.15) is 5.26 Å². The van der Waals surface area contributed by atoms with Gasteiger partial charge in [0.2, 0.25) is 0 Å². The van der Waals surface area contributed by atoms with E-state index in [0.29, 0.717) is 12.1 Å². The summed E-state index contributed by atoms with van der Waals surface area (Å²) in [7, 11) is 0. The third kappa shape index (κ3) is 2.08. The van der Waals surface area contributed by atoms with Crippen molar-refractivity contribution in [2.75, 3.05) is 18.0 Å². The number of nitriles is 1. The molecule has 1 fully saturated rings. The smallest absolute Gasteiger partial charge is 0.113 e. The van der Waals surface area contributed by atoms with Gasteiger partial charge in [-0.3, -0.25) is 4.98 Å². The number of nitrogens with zero attached hydrogens (tertiary/aromatic N) is 3. The number of pyridine rings is 1. The Kier molecular flexibility index (Phi) is 3.03. The van der Waals surface area contributed by atoms with Crippen molar-refractivity contribution in [1.29, 1.82) is 5.26 Å². The summed E-state index contributed by atoms with van der Waals surface area (Å²) in [6.45, 7) is 7.42. The number of hydrogen-bond donors (Lipinski definition) is 0. The van der Waals surface area contributed by atoms with Gasteiger partial charge in [-0.1, -0.05) is 6.58 Å². The molecule has 1 saturated heterocycles. The van der Waals surface area contributed by atoms with Crippen LogP contribution in [0.4, 0.5) is 5.69 Å². The van der Waals surface area contributed by atoms with Crippen LogP contribution in [0.15, 0.2) is 42.8 Å². The number of fused-ring (bicyclic) bond motifs is 1. The number of hydrogen-bond acceptors (Lipinski definition) is 4. The van der Waals surface area contributed by atoms with Crippen molar-refractivity contribution in [3.63, 3.8) is 0 Å². The number of ether oxygens (including phenoxy) is 1. The highest BCUT2D eigenvalue weighted by Crippen LogP contribution is 2.30. The lowest BCUT2D eigenvalue weighted by Crippen LogP contribution is -2.39. The lowest BCUT2D eigenvalue weighted by Gasteiger charge is -2.35. The second kappa shape index (κ2) is 4.86. The summed E-state index contributed by atoms with van der Waals surface area (Å²) in [4.78, 5) is 6.57. The van der Waals surface area contributed by atoms with Crippen molar-refractivity contribution in [3.05, 3.63) is 48.4 Å². The maximum Gasteiger partial charge on any atom is 0.113 e. The Balaban J connectivity index is 2.13. The van der Waals surface area contributed by atoms with Crippen LogP contribution in [0.3, 0.4) is 0 Å². The second-order valence-electron chi connectivity index (χ2n) is 4.99. The van der Waals surface area contributed by atoms with Crippen LogP contribution in [0.25, 0.3) is 10.9 Å². The Labute approximate surface area is 117 Å². The predicted octanol–water partition coefficient (Wildman–Crippen LogP) is 2.85. The normalized spacial score (nSPS) is 18.7. The average molecular weight is 265 g/mol. The van der Waals surface area contributed by atoms with Gasteiger partial charge in [-0.05, 0) is 31.2 Å². The predicted molar refractivity (Wildman–Crippen MR) is 78.4 cm³/mol. The Morgan fingerprint density at radius 1 is 1.45 bits per heavy atom. The summed E-state index contributed by atoms with van der Waals surface area (Å²) in [5.41, 5.74) is 2.42. The molecule has 0 aliphatic carbocycles. The molecule has 3 rings (SSSR count). The number of rotatable bonds is 1. The summed E-state index contributed by atoms with van der Waals surface area (Å²) in [6.07, 6.45) is 1.83. The zero-order chi connectivity index (χ0) is 14.1. The molecule has 4 heteroatoms. The molecule has 1 aromatic heterocycles. The van der Waals surface area contributed by atoms with E-state index < -0.39 is 0 Å². The van der Waals surface area contributed by atoms with Crippen LogP contribution in [-0.2, 0) is 4.74 Å². The standard InChI is InChI=1S/C16H15N3O/c1-11-9-19(10-12(2)20-11)15-6-5-13(8-17)16-14(15)4-3-7-18-16/h3-7,12H,1,9-10H2,2H3. The van der Waals surface area contributed by atoms with Crippen LogP contribution >= 0.6 is 0 Å². The molecular weight excluding hydrogens is 250 g/mol. The van der Waals surface area contributed by atoms with Crippen LogP contribution in [0.1, 0.15) is 12.5 Å². The highest BCUT2D eigenvalue weighted by Gasteiger charge is 2.22. The Hall–Kier alpha value is -2.54. The molecule has 1 atom stereocenters. The van der Waals surface area contributed by atoms with Crippen molar-refractivity contribution in [1.82, 2.24) is 4.98 Å². The van der Waals surface area contributed by atoms with E-state index in [4.69, 9.17) is 4.74 Å². The molecule has 0 radical (unpaired) electrons. The van der Waals surface area contributed by atoms with Crippen molar-refractivity contribution in [2.24, 2.45) is 0 Å². The molecule has 1 aliphatic rings. The molecular formula is C16H15N3O. The first-order valence-electron chi connectivity index (χ1n) is 6.56. The van der Waals surface area contributed by atoms with Crippen molar-refractivity contribution < 1.29 is 4.74 Å². The highest BCUT2D eigenvalue weighted by atomic mass is 16.5. The molecule has 2 aromatic rings. The quantitative estimate of drug-likeness (QED) is 0.795. The van der Waals surface area contributed by atoms with Gasteiger partial charge in [0.25, 0.3) is 0 Å². The van der Waals surface area contributed by atoms with E-state index in [1.165, 1.54) is 0 Å². The first kappa shape index (κ1) is 12.5. The fourth-order valence-electron chi connectivity index (χ4n) is 2.65. The zero-order valence-corrected chi connectivity index (χ0v) is 11.3. The fraction of sp³-hybridized carbons (Fsp3) is 0.250. The molecule has 0 N–H and O–H groups in total. The van der Waals surface area contributed by atoms with E-state index in [1.54, 1.807) is 6.20 Å². The first-order valence-corrected chi connectivity index (χ1v) is 6.56. The van der Waals surface area contributed by atoms with Crippen LogP contribution in [-0.4, -0.2) is 24.2 Å². The zero-order valence-electron chi connectivity index (χ0n) is 11.3. The second-order valence-corrected chi connectivity index (χ2v) is 4.99. The molecule has 1 aromatic carbocycles. The summed E-state index contributed by atoms with van der Waals surface area (Å²) >= 11 is 0. The maximum absolute atomic E-state index is 9.18. The lowest BCUT2D eigenvalue weighted by molar-refractivity contribution is 0.114. The molecule has 0 saturated carbocycles. The Bertz CT molecular complexity index is 717. The number of aromatic nitrogens is 1. The fourth-order valence-corrected chi connectivity index (χ4v) is 2.65. The van der Waals surface area contributed by atoms with Gasteiger partial charge < -0.3 is 9.64 Å². The molecule has 0 bridgehead atoms. The van der Waals surface area contributed by atoms with E-state index in [2.05, 4.69) is 22.5 Å². The Morgan fingerprint density at radius 2 is 2.30 bits per heavy atom.